The molecule has 1 aliphatic heterocycles. The van der Waals surface area contributed by atoms with Crippen LogP contribution in [0.4, 0.5) is 0 Å². The molecule has 1 saturated heterocycles. The molecule has 120 valence electrons. The molecule has 0 aromatic rings. The number of hydrogen-bond acceptors (Lipinski definition) is 3. The van der Waals surface area contributed by atoms with Crippen molar-refractivity contribution in [2.24, 2.45) is 5.92 Å². The van der Waals surface area contributed by atoms with Gasteiger partial charge >= 0.3 is 0 Å². The number of carbonyl (C=O) groups is 2. The quantitative estimate of drug-likeness (QED) is 0.848. The van der Waals surface area contributed by atoms with Gasteiger partial charge in [0, 0.05) is 11.3 Å². The topological polar surface area (TPSA) is 49.4 Å². The van der Waals surface area contributed by atoms with Crippen LogP contribution >= 0.6 is 11.8 Å². The number of rotatable bonds is 5. The van der Waals surface area contributed by atoms with E-state index in [2.05, 4.69) is 18.5 Å². The number of carbonyl (C=O) groups excluding carboxylic acids is 2. The lowest BCUT2D eigenvalue weighted by atomic mass is 9.92. The van der Waals surface area contributed by atoms with E-state index in [1.165, 1.54) is 0 Å². The predicted molar refractivity (Wildman–Crippen MR) is 87.3 cm³/mol. The molecule has 0 bridgehead atoms. The predicted octanol–water partition coefficient (Wildman–Crippen LogP) is 2.42. The minimum Gasteiger partial charge on any atom is -0.342 e. The van der Waals surface area contributed by atoms with Crippen LogP contribution < -0.4 is 5.32 Å². The highest BCUT2D eigenvalue weighted by molar-refractivity contribution is 7.99. The van der Waals surface area contributed by atoms with Gasteiger partial charge in [-0.1, -0.05) is 33.6 Å². The van der Waals surface area contributed by atoms with Gasteiger partial charge in [0.05, 0.1) is 0 Å². The molecule has 5 heteroatoms. The Hall–Kier alpha value is -0.710. The minimum absolute atomic E-state index is 0.0363. The Balaban J connectivity index is 2.28. The molecular weight excluding hydrogens is 284 g/mol. The number of piperazine rings is 1. The summed E-state index contributed by atoms with van der Waals surface area (Å²) in [6.07, 6.45) is 7.06. The molecule has 0 aromatic carbocycles. The fourth-order valence-corrected chi connectivity index (χ4v) is 4.63. The van der Waals surface area contributed by atoms with Gasteiger partial charge in [-0.05, 0) is 31.4 Å². The van der Waals surface area contributed by atoms with Gasteiger partial charge in [-0.25, -0.2) is 0 Å². The second-order valence-electron chi connectivity index (χ2n) is 6.31. The van der Waals surface area contributed by atoms with E-state index >= 15 is 0 Å². The molecule has 0 aromatic heterocycles. The fraction of sp³-hybridized carbons (Fsp3) is 0.875. The van der Waals surface area contributed by atoms with Crippen molar-refractivity contribution in [3.05, 3.63) is 0 Å². The Morgan fingerprint density at radius 3 is 2.62 bits per heavy atom. The monoisotopic (exact) mass is 312 g/mol. The van der Waals surface area contributed by atoms with Crippen LogP contribution in [0.3, 0.4) is 0 Å². The van der Waals surface area contributed by atoms with Gasteiger partial charge in [-0.3, -0.25) is 9.59 Å². The van der Waals surface area contributed by atoms with Crippen molar-refractivity contribution in [3.63, 3.8) is 0 Å². The van der Waals surface area contributed by atoms with Crippen LogP contribution in [-0.4, -0.2) is 46.3 Å². The molecule has 2 fully saturated rings. The molecule has 0 radical (unpaired) electrons. The first-order chi connectivity index (χ1) is 10.0. The summed E-state index contributed by atoms with van der Waals surface area (Å²) >= 11 is 1.84. The molecule has 2 aliphatic rings. The van der Waals surface area contributed by atoms with Crippen LogP contribution in [0, 0.1) is 5.92 Å². The van der Waals surface area contributed by atoms with Crippen molar-refractivity contribution in [1.82, 2.24) is 10.2 Å². The highest BCUT2D eigenvalue weighted by Crippen LogP contribution is 2.35. The van der Waals surface area contributed by atoms with Crippen LogP contribution in [0.15, 0.2) is 0 Å². The smallest absolute Gasteiger partial charge is 0.246 e. The summed E-state index contributed by atoms with van der Waals surface area (Å²) in [6, 6.07) is -0.390. The van der Waals surface area contributed by atoms with Gasteiger partial charge in [0.2, 0.25) is 11.8 Å². The normalized spacial score (nSPS) is 35.0. The number of nitrogens with zero attached hydrogens (tertiary/aromatic N) is 1. The molecule has 5 unspecified atom stereocenters. The van der Waals surface area contributed by atoms with Crippen LogP contribution in [0.25, 0.3) is 0 Å². The second kappa shape index (κ2) is 7.03. The maximum absolute atomic E-state index is 13.0. The first-order valence-corrected chi connectivity index (χ1v) is 9.49. The third kappa shape index (κ3) is 3.08. The molecule has 21 heavy (non-hydrogen) atoms. The molecule has 4 nitrogen and oxygen atoms in total. The second-order valence-corrected chi connectivity index (χ2v) is 7.39. The van der Waals surface area contributed by atoms with Gasteiger partial charge in [0.1, 0.15) is 12.1 Å². The Morgan fingerprint density at radius 2 is 2.05 bits per heavy atom. The Labute approximate surface area is 132 Å². The van der Waals surface area contributed by atoms with E-state index in [-0.39, 0.29) is 35.9 Å². The standard InChI is InChI=1S/C16H28N2O2S/c1-5-10(3)14-16(20)18(11(6-2)15(19)17-14)12-8-7-9-13(12)21-4/h10-14H,5-9H2,1-4H3,(H,17,19). The fourth-order valence-electron chi connectivity index (χ4n) is 3.65. The number of hydrogen-bond donors (Lipinski definition) is 1. The number of thioether (sulfide) groups is 1. The third-order valence-corrected chi connectivity index (χ3v) is 6.29. The van der Waals surface area contributed by atoms with E-state index in [0.29, 0.717) is 11.7 Å². The summed E-state index contributed by atoms with van der Waals surface area (Å²) in [7, 11) is 0. The zero-order valence-electron chi connectivity index (χ0n) is 13.6. The Morgan fingerprint density at radius 1 is 1.33 bits per heavy atom. The van der Waals surface area contributed by atoms with Crippen molar-refractivity contribution in [1.29, 1.82) is 0 Å². The van der Waals surface area contributed by atoms with Gasteiger partial charge in [0.25, 0.3) is 0 Å². The van der Waals surface area contributed by atoms with E-state index < -0.39 is 0 Å². The first kappa shape index (κ1) is 16.7. The summed E-state index contributed by atoms with van der Waals surface area (Å²) in [5.41, 5.74) is 0. The molecule has 2 rings (SSSR count). The molecule has 1 N–H and O–H groups in total. The van der Waals surface area contributed by atoms with E-state index in [0.717, 1.165) is 25.7 Å². The minimum atomic E-state index is -0.339. The van der Waals surface area contributed by atoms with Crippen LogP contribution in [0.1, 0.15) is 52.9 Å². The van der Waals surface area contributed by atoms with Crippen molar-refractivity contribution in [3.8, 4) is 0 Å². The van der Waals surface area contributed by atoms with Crippen molar-refractivity contribution >= 4 is 23.6 Å². The maximum atomic E-state index is 13.0. The average molecular weight is 312 g/mol. The summed E-state index contributed by atoms with van der Waals surface area (Å²) in [4.78, 5) is 27.4. The first-order valence-electron chi connectivity index (χ1n) is 8.20. The zero-order chi connectivity index (χ0) is 15.6. The van der Waals surface area contributed by atoms with Gasteiger partial charge in [-0.2, -0.15) is 11.8 Å². The molecular formula is C16H28N2O2S. The molecule has 0 spiro atoms. The van der Waals surface area contributed by atoms with Crippen molar-refractivity contribution in [2.45, 2.75) is 76.3 Å². The van der Waals surface area contributed by atoms with E-state index in [1.807, 2.05) is 30.5 Å². The highest BCUT2D eigenvalue weighted by atomic mass is 32.2. The average Bonchev–Trinajstić information content (AvgIpc) is 2.95. The lowest BCUT2D eigenvalue weighted by molar-refractivity contribution is -0.153. The molecule has 5 atom stereocenters. The largest absolute Gasteiger partial charge is 0.342 e. The molecule has 1 heterocycles. The summed E-state index contributed by atoms with van der Waals surface area (Å²) in [5.74, 6) is 0.367. The maximum Gasteiger partial charge on any atom is 0.246 e. The lowest BCUT2D eigenvalue weighted by Crippen LogP contribution is -2.67. The Kier molecular flexibility index (Phi) is 5.58. The van der Waals surface area contributed by atoms with Gasteiger partial charge in [-0.15, -0.1) is 0 Å². The molecule has 1 aliphatic carbocycles. The SMILES string of the molecule is CCC(C)C1NC(=O)C(CC)N(C2CCCC2SC)C1=O. The zero-order valence-corrected chi connectivity index (χ0v) is 14.4. The summed E-state index contributed by atoms with van der Waals surface area (Å²) in [6.45, 7) is 6.12. The van der Waals surface area contributed by atoms with E-state index in [9.17, 15) is 9.59 Å². The highest BCUT2D eigenvalue weighted by Gasteiger charge is 2.47. The van der Waals surface area contributed by atoms with Gasteiger partial charge in [0.15, 0.2) is 0 Å². The molecule has 2 amide bonds. The van der Waals surface area contributed by atoms with Crippen LogP contribution in [-0.2, 0) is 9.59 Å². The molecule has 1 saturated carbocycles. The summed E-state index contributed by atoms with van der Waals surface area (Å²) < 4.78 is 0. The Bertz CT molecular complexity index is 402. The van der Waals surface area contributed by atoms with Crippen LogP contribution in [0.2, 0.25) is 0 Å². The lowest BCUT2D eigenvalue weighted by Gasteiger charge is -2.45. The van der Waals surface area contributed by atoms with Crippen LogP contribution in [0.5, 0.6) is 0 Å². The number of amides is 2. The van der Waals surface area contributed by atoms with E-state index in [1.54, 1.807) is 0 Å². The van der Waals surface area contributed by atoms with E-state index in [4.69, 9.17) is 0 Å². The van der Waals surface area contributed by atoms with Crippen molar-refractivity contribution in [2.75, 3.05) is 6.26 Å². The third-order valence-electron chi connectivity index (χ3n) is 5.13. The number of nitrogens with one attached hydrogen (secondary N) is 1. The van der Waals surface area contributed by atoms with Gasteiger partial charge < -0.3 is 10.2 Å². The summed E-state index contributed by atoms with van der Waals surface area (Å²) in [5, 5.41) is 3.45. The van der Waals surface area contributed by atoms with Crippen molar-refractivity contribution < 1.29 is 9.59 Å².